The number of aromatic nitrogens is 2. The van der Waals surface area contributed by atoms with Crippen molar-refractivity contribution in [2.24, 2.45) is 0 Å². The molecule has 0 bridgehead atoms. The highest BCUT2D eigenvalue weighted by Gasteiger charge is 2.38. The van der Waals surface area contributed by atoms with Crippen LogP contribution in [-0.4, -0.2) is 9.97 Å². The molecule has 1 aliphatic rings. The van der Waals surface area contributed by atoms with Gasteiger partial charge in [0.15, 0.2) is 0 Å². The van der Waals surface area contributed by atoms with E-state index in [0.29, 0.717) is 0 Å². The van der Waals surface area contributed by atoms with Crippen LogP contribution in [0.4, 0.5) is 0 Å². The number of benzene rings is 6. The number of hydrogen-bond acceptors (Lipinski definition) is 2. The number of hydrogen-bond donors (Lipinski definition) is 0. The standard InChI is InChI=1S/C37H26N2/c1-37(2)32-20-24(34-21-33(38-22-39-34)23-10-4-3-5-11-23)16-17-28(32)31-19-18-30-27-14-7-6-12-25(27)26-13-8-9-15-29(26)35(30)36(31)37/h3-22H,1-2H3. The molecule has 0 fully saturated rings. The van der Waals surface area contributed by atoms with E-state index in [0.717, 1.165) is 22.5 Å². The Kier molecular flexibility index (Phi) is 4.60. The predicted molar refractivity (Wildman–Crippen MR) is 163 cm³/mol. The van der Waals surface area contributed by atoms with Crippen molar-refractivity contribution in [3.63, 3.8) is 0 Å². The lowest BCUT2D eigenvalue weighted by Crippen LogP contribution is -2.16. The van der Waals surface area contributed by atoms with Crippen LogP contribution in [0.1, 0.15) is 25.0 Å². The summed E-state index contributed by atoms with van der Waals surface area (Å²) in [6.07, 6.45) is 1.68. The molecule has 0 unspecified atom stereocenters. The fraction of sp³-hybridized carbons (Fsp3) is 0.0811. The van der Waals surface area contributed by atoms with E-state index in [1.807, 2.05) is 18.2 Å². The van der Waals surface area contributed by atoms with E-state index in [-0.39, 0.29) is 5.41 Å². The van der Waals surface area contributed by atoms with Crippen LogP contribution in [-0.2, 0) is 5.41 Å². The van der Waals surface area contributed by atoms with Crippen molar-refractivity contribution in [3.8, 4) is 33.6 Å². The van der Waals surface area contributed by atoms with E-state index in [1.54, 1.807) is 6.33 Å². The van der Waals surface area contributed by atoms with Gasteiger partial charge in [-0.05, 0) is 66.7 Å². The van der Waals surface area contributed by atoms with Crippen molar-refractivity contribution in [1.82, 2.24) is 9.97 Å². The molecule has 0 radical (unpaired) electrons. The van der Waals surface area contributed by atoms with Crippen LogP contribution in [0, 0.1) is 0 Å². The minimum Gasteiger partial charge on any atom is -0.236 e. The fourth-order valence-corrected chi connectivity index (χ4v) is 6.74. The number of rotatable bonds is 2. The van der Waals surface area contributed by atoms with E-state index >= 15 is 0 Å². The Morgan fingerprint density at radius 3 is 1.77 bits per heavy atom. The zero-order valence-corrected chi connectivity index (χ0v) is 21.9. The van der Waals surface area contributed by atoms with Crippen molar-refractivity contribution in [2.75, 3.05) is 0 Å². The van der Waals surface area contributed by atoms with Gasteiger partial charge in [0.25, 0.3) is 0 Å². The maximum atomic E-state index is 4.67. The van der Waals surface area contributed by atoms with Crippen molar-refractivity contribution in [2.45, 2.75) is 19.3 Å². The van der Waals surface area contributed by atoms with Crippen LogP contribution in [0.3, 0.4) is 0 Å². The number of nitrogens with zero attached hydrogens (tertiary/aromatic N) is 2. The summed E-state index contributed by atoms with van der Waals surface area (Å²) in [5.41, 5.74) is 9.35. The van der Waals surface area contributed by atoms with Gasteiger partial charge in [-0.2, -0.15) is 0 Å². The van der Waals surface area contributed by atoms with E-state index in [2.05, 4.69) is 121 Å². The molecule has 0 N–H and O–H groups in total. The molecule has 7 aromatic rings. The van der Waals surface area contributed by atoms with E-state index in [1.165, 1.54) is 54.6 Å². The third-order valence-corrected chi connectivity index (χ3v) is 8.55. The Labute approximate surface area is 227 Å². The van der Waals surface area contributed by atoms with Crippen LogP contribution in [0.25, 0.3) is 66.0 Å². The van der Waals surface area contributed by atoms with Gasteiger partial charge in [0.2, 0.25) is 0 Å². The molecule has 0 saturated carbocycles. The van der Waals surface area contributed by atoms with Gasteiger partial charge >= 0.3 is 0 Å². The Balaban J connectivity index is 1.36. The summed E-state index contributed by atoms with van der Waals surface area (Å²) >= 11 is 0. The van der Waals surface area contributed by atoms with Crippen molar-refractivity contribution in [3.05, 3.63) is 133 Å². The molecule has 1 heterocycles. The van der Waals surface area contributed by atoms with Gasteiger partial charge in [0, 0.05) is 16.5 Å². The zero-order valence-electron chi connectivity index (χ0n) is 21.9. The molecule has 1 aromatic heterocycles. The first-order valence-corrected chi connectivity index (χ1v) is 13.5. The van der Waals surface area contributed by atoms with Gasteiger partial charge in [0.05, 0.1) is 11.4 Å². The Hall–Kier alpha value is -4.82. The summed E-state index contributed by atoms with van der Waals surface area (Å²) in [5, 5.41) is 7.97. The summed E-state index contributed by atoms with van der Waals surface area (Å²) in [5.74, 6) is 0. The lowest BCUT2D eigenvalue weighted by atomic mass is 9.78. The van der Waals surface area contributed by atoms with Gasteiger partial charge in [0.1, 0.15) is 6.33 Å². The predicted octanol–water partition coefficient (Wildman–Crippen LogP) is 9.58. The highest BCUT2D eigenvalue weighted by Crippen LogP contribution is 2.54. The molecule has 0 aliphatic heterocycles. The Bertz CT molecular complexity index is 2050. The minimum atomic E-state index is -0.166. The molecule has 39 heavy (non-hydrogen) atoms. The van der Waals surface area contributed by atoms with Crippen LogP contribution in [0.2, 0.25) is 0 Å². The minimum absolute atomic E-state index is 0.166. The van der Waals surface area contributed by atoms with Gasteiger partial charge in [-0.25, -0.2) is 9.97 Å². The van der Waals surface area contributed by atoms with Gasteiger partial charge in [-0.3, -0.25) is 0 Å². The largest absolute Gasteiger partial charge is 0.236 e. The maximum absolute atomic E-state index is 4.67. The molecule has 0 spiro atoms. The average molecular weight is 499 g/mol. The van der Waals surface area contributed by atoms with Gasteiger partial charge in [-0.1, -0.05) is 117 Å². The first-order valence-electron chi connectivity index (χ1n) is 13.5. The highest BCUT2D eigenvalue weighted by molar-refractivity contribution is 6.27. The lowest BCUT2D eigenvalue weighted by Gasteiger charge is -2.25. The molecule has 8 rings (SSSR count). The highest BCUT2D eigenvalue weighted by atomic mass is 14.8. The maximum Gasteiger partial charge on any atom is 0.116 e. The van der Waals surface area contributed by atoms with Crippen molar-refractivity contribution < 1.29 is 0 Å². The molecule has 0 amide bonds. The summed E-state index contributed by atoms with van der Waals surface area (Å²) in [6.45, 7) is 4.75. The molecule has 0 atom stereocenters. The first kappa shape index (κ1) is 22.2. The van der Waals surface area contributed by atoms with Crippen molar-refractivity contribution in [1.29, 1.82) is 0 Å². The SMILES string of the molecule is CC1(C)c2cc(-c3cc(-c4ccccc4)ncn3)ccc2-c2ccc3c4ccccc4c4ccccc4c3c21. The Morgan fingerprint density at radius 2 is 1.05 bits per heavy atom. The molecular weight excluding hydrogens is 472 g/mol. The quantitative estimate of drug-likeness (QED) is 0.222. The topological polar surface area (TPSA) is 25.8 Å². The number of fused-ring (bicyclic) bond motifs is 10. The molecule has 2 nitrogen and oxygen atoms in total. The normalized spacial score (nSPS) is 13.6. The van der Waals surface area contributed by atoms with Crippen LogP contribution in [0.5, 0.6) is 0 Å². The summed E-state index contributed by atoms with van der Waals surface area (Å²) in [4.78, 5) is 9.22. The molecule has 6 aromatic carbocycles. The van der Waals surface area contributed by atoms with Crippen LogP contribution in [0.15, 0.2) is 122 Å². The van der Waals surface area contributed by atoms with Gasteiger partial charge < -0.3 is 0 Å². The summed E-state index contributed by atoms with van der Waals surface area (Å²) in [6, 6.07) is 41.6. The summed E-state index contributed by atoms with van der Waals surface area (Å²) in [7, 11) is 0. The Morgan fingerprint density at radius 1 is 0.487 bits per heavy atom. The van der Waals surface area contributed by atoms with Crippen LogP contribution < -0.4 is 0 Å². The second-order valence-corrected chi connectivity index (χ2v) is 11.0. The average Bonchev–Trinajstić information content (AvgIpc) is 3.23. The molecular formula is C37H26N2. The molecule has 2 heteroatoms. The first-order chi connectivity index (χ1) is 19.1. The third-order valence-electron chi connectivity index (χ3n) is 8.55. The van der Waals surface area contributed by atoms with Crippen molar-refractivity contribution >= 4 is 32.3 Å². The fourth-order valence-electron chi connectivity index (χ4n) is 6.74. The summed E-state index contributed by atoms with van der Waals surface area (Å²) < 4.78 is 0. The molecule has 184 valence electrons. The second kappa shape index (κ2) is 8.09. The van der Waals surface area contributed by atoms with E-state index < -0.39 is 0 Å². The van der Waals surface area contributed by atoms with Gasteiger partial charge in [-0.15, -0.1) is 0 Å². The molecule has 0 saturated heterocycles. The van der Waals surface area contributed by atoms with Crippen LogP contribution >= 0.6 is 0 Å². The van der Waals surface area contributed by atoms with E-state index in [9.17, 15) is 0 Å². The smallest absolute Gasteiger partial charge is 0.116 e. The third kappa shape index (κ3) is 3.15. The molecule has 1 aliphatic carbocycles. The second-order valence-electron chi connectivity index (χ2n) is 11.0. The lowest BCUT2D eigenvalue weighted by molar-refractivity contribution is 0.667. The van der Waals surface area contributed by atoms with E-state index in [4.69, 9.17) is 0 Å². The monoisotopic (exact) mass is 498 g/mol. The zero-order chi connectivity index (χ0) is 26.1.